The van der Waals surface area contributed by atoms with Crippen molar-refractivity contribution in [2.45, 2.75) is 38.6 Å². The number of benzene rings is 2. The number of nitrogens with zero attached hydrogens (tertiary/aromatic N) is 1. The molecule has 136 valence electrons. The van der Waals surface area contributed by atoms with E-state index in [0.29, 0.717) is 6.61 Å². The largest absolute Gasteiger partial charge is 0.465 e. The summed E-state index contributed by atoms with van der Waals surface area (Å²) >= 11 is 0. The molecule has 5 heteroatoms. The molecule has 0 aromatic heterocycles. The van der Waals surface area contributed by atoms with Crippen molar-refractivity contribution in [1.29, 1.82) is 0 Å². The van der Waals surface area contributed by atoms with Crippen molar-refractivity contribution in [3.05, 3.63) is 71.0 Å². The van der Waals surface area contributed by atoms with Crippen LogP contribution in [-0.4, -0.2) is 18.5 Å². The summed E-state index contributed by atoms with van der Waals surface area (Å²) in [6.45, 7) is 2.44. The quantitative estimate of drug-likeness (QED) is 0.653. The van der Waals surface area contributed by atoms with Gasteiger partial charge < -0.3 is 4.74 Å². The lowest BCUT2D eigenvalue weighted by molar-refractivity contribution is 0.0964. The normalized spacial score (nSPS) is 16.7. The van der Waals surface area contributed by atoms with Gasteiger partial charge in [-0.25, -0.2) is 9.38 Å². The second-order valence-electron chi connectivity index (χ2n) is 6.35. The van der Waals surface area contributed by atoms with Crippen molar-refractivity contribution in [3.63, 3.8) is 0 Å². The second kappa shape index (κ2) is 8.61. The van der Waals surface area contributed by atoms with Crippen molar-refractivity contribution >= 4 is 11.9 Å². The van der Waals surface area contributed by atoms with Gasteiger partial charge in [0.05, 0.1) is 12.6 Å². The first-order valence-corrected chi connectivity index (χ1v) is 9.02. The molecule has 0 saturated heterocycles. The van der Waals surface area contributed by atoms with Crippen LogP contribution in [0.15, 0.2) is 53.5 Å². The molecular formula is C21H23FN2O2. The Bertz CT molecular complexity index is 804. The predicted molar refractivity (Wildman–Crippen MR) is 99.7 cm³/mol. The number of amides is 1. The summed E-state index contributed by atoms with van der Waals surface area (Å²) < 4.78 is 19.0. The van der Waals surface area contributed by atoms with Gasteiger partial charge in [-0.15, -0.1) is 0 Å². The number of aryl methyl sites for hydroxylation is 1. The van der Waals surface area contributed by atoms with Gasteiger partial charge in [-0.05, 0) is 55.0 Å². The Morgan fingerprint density at radius 2 is 2.12 bits per heavy atom. The van der Waals surface area contributed by atoms with E-state index in [9.17, 15) is 9.18 Å². The van der Waals surface area contributed by atoms with Gasteiger partial charge in [0, 0.05) is 5.56 Å². The van der Waals surface area contributed by atoms with Crippen molar-refractivity contribution in [3.8, 4) is 0 Å². The monoisotopic (exact) mass is 354 g/mol. The number of rotatable bonds is 4. The Morgan fingerprint density at radius 3 is 2.92 bits per heavy atom. The molecule has 3 rings (SSSR count). The fourth-order valence-electron chi connectivity index (χ4n) is 3.11. The van der Waals surface area contributed by atoms with Crippen LogP contribution in [0.2, 0.25) is 0 Å². The lowest BCUT2D eigenvalue weighted by Gasteiger charge is -2.23. The van der Waals surface area contributed by atoms with Gasteiger partial charge in [0.2, 0.25) is 0 Å². The fraction of sp³-hybridized carbons (Fsp3) is 0.333. The smallest absolute Gasteiger partial charge is 0.292 e. The van der Waals surface area contributed by atoms with Crippen LogP contribution in [0.25, 0.3) is 0 Å². The first-order chi connectivity index (χ1) is 12.7. The summed E-state index contributed by atoms with van der Waals surface area (Å²) in [6.07, 6.45) is 3.80. The van der Waals surface area contributed by atoms with Crippen molar-refractivity contribution < 1.29 is 13.9 Å². The van der Waals surface area contributed by atoms with E-state index in [1.165, 1.54) is 29.3 Å². The van der Waals surface area contributed by atoms with E-state index in [0.717, 1.165) is 25.7 Å². The Labute approximate surface area is 153 Å². The third kappa shape index (κ3) is 4.48. The molecule has 4 nitrogen and oxygen atoms in total. The average Bonchev–Trinajstić information content (AvgIpc) is 2.66. The first-order valence-electron chi connectivity index (χ1n) is 9.02. The molecule has 0 aliphatic heterocycles. The number of amidine groups is 1. The number of ether oxygens (including phenoxy) is 1. The summed E-state index contributed by atoms with van der Waals surface area (Å²) in [5, 5.41) is 2.70. The maximum atomic E-state index is 13.4. The van der Waals surface area contributed by atoms with E-state index in [2.05, 4.69) is 22.4 Å². The summed E-state index contributed by atoms with van der Waals surface area (Å²) in [5.74, 6) is -0.879. The molecule has 0 radical (unpaired) electrons. The number of hydrogen-bond acceptors (Lipinski definition) is 3. The molecule has 1 aliphatic rings. The van der Waals surface area contributed by atoms with E-state index in [-0.39, 0.29) is 17.6 Å². The molecule has 1 amide bonds. The minimum Gasteiger partial charge on any atom is -0.465 e. The van der Waals surface area contributed by atoms with Crippen LogP contribution in [0.4, 0.5) is 4.39 Å². The summed E-state index contributed by atoms with van der Waals surface area (Å²) in [6, 6.07) is 14.0. The standard InChI is InChI=1S/C21H23FN2O2/c1-2-13-26-21(24-20(25)16-9-5-10-17(22)14-16)23-19-12-6-8-15-7-3-4-11-18(15)19/h3-5,7,9-11,14,19H,2,6,8,12-13H2,1H3,(H,23,24,25)/t19-/m0/s1. The number of carbonyl (C=O) groups excluding carboxylic acids is 1. The molecule has 1 aliphatic carbocycles. The zero-order valence-electron chi connectivity index (χ0n) is 14.9. The van der Waals surface area contributed by atoms with Crippen LogP contribution in [0.1, 0.15) is 53.7 Å². The maximum absolute atomic E-state index is 13.4. The molecule has 0 unspecified atom stereocenters. The second-order valence-corrected chi connectivity index (χ2v) is 6.35. The predicted octanol–water partition coefficient (Wildman–Crippen LogP) is 4.42. The Hall–Kier alpha value is -2.69. The highest BCUT2D eigenvalue weighted by Crippen LogP contribution is 2.32. The third-order valence-electron chi connectivity index (χ3n) is 4.36. The van der Waals surface area contributed by atoms with Gasteiger partial charge in [-0.3, -0.25) is 10.1 Å². The fourth-order valence-corrected chi connectivity index (χ4v) is 3.11. The Morgan fingerprint density at radius 1 is 1.27 bits per heavy atom. The van der Waals surface area contributed by atoms with E-state index in [1.807, 2.05) is 19.1 Å². The highest BCUT2D eigenvalue weighted by Gasteiger charge is 2.21. The van der Waals surface area contributed by atoms with Gasteiger partial charge in [0.1, 0.15) is 5.82 Å². The number of halogens is 1. The van der Waals surface area contributed by atoms with Crippen molar-refractivity contribution in [1.82, 2.24) is 5.32 Å². The summed E-state index contributed by atoms with van der Waals surface area (Å²) in [7, 11) is 0. The molecule has 0 heterocycles. The maximum Gasteiger partial charge on any atom is 0.292 e. The van der Waals surface area contributed by atoms with E-state index in [4.69, 9.17) is 4.74 Å². The van der Waals surface area contributed by atoms with Crippen molar-refractivity contribution in [2.75, 3.05) is 6.61 Å². The van der Waals surface area contributed by atoms with Gasteiger partial charge in [0.15, 0.2) is 0 Å². The number of hydrogen-bond donors (Lipinski definition) is 1. The number of aliphatic imine (C=N–C) groups is 1. The molecule has 1 N–H and O–H groups in total. The zero-order chi connectivity index (χ0) is 18.4. The van der Waals surface area contributed by atoms with Crippen LogP contribution in [0.5, 0.6) is 0 Å². The SMILES string of the molecule is CCCOC(=N[C@H]1CCCc2ccccc21)NC(=O)c1cccc(F)c1. The molecule has 26 heavy (non-hydrogen) atoms. The first kappa shape index (κ1) is 18.1. The zero-order valence-corrected chi connectivity index (χ0v) is 14.9. The van der Waals surface area contributed by atoms with Gasteiger partial charge in [-0.2, -0.15) is 0 Å². The lowest BCUT2D eigenvalue weighted by Crippen LogP contribution is -2.33. The van der Waals surface area contributed by atoms with Gasteiger partial charge in [0.25, 0.3) is 11.9 Å². The molecule has 0 spiro atoms. The molecule has 0 saturated carbocycles. The van der Waals surface area contributed by atoms with Crippen LogP contribution >= 0.6 is 0 Å². The van der Waals surface area contributed by atoms with E-state index in [1.54, 1.807) is 6.07 Å². The van der Waals surface area contributed by atoms with Gasteiger partial charge >= 0.3 is 0 Å². The molecular weight excluding hydrogens is 331 g/mol. The van der Waals surface area contributed by atoms with E-state index < -0.39 is 11.7 Å². The van der Waals surface area contributed by atoms with Crippen LogP contribution in [-0.2, 0) is 11.2 Å². The van der Waals surface area contributed by atoms with Crippen LogP contribution < -0.4 is 5.32 Å². The average molecular weight is 354 g/mol. The number of fused-ring (bicyclic) bond motifs is 1. The Kier molecular flexibility index (Phi) is 6.00. The molecule has 1 atom stereocenters. The molecule has 0 fully saturated rings. The van der Waals surface area contributed by atoms with Crippen molar-refractivity contribution in [2.24, 2.45) is 4.99 Å². The summed E-state index contributed by atoms with van der Waals surface area (Å²) in [4.78, 5) is 17.1. The number of carbonyl (C=O) groups is 1. The molecule has 2 aromatic carbocycles. The van der Waals surface area contributed by atoms with Crippen LogP contribution in [0.3, 0.4) is 0 Å². The topological polar surface area (TPSA) is 50.7 Å². The highest BCUT2D eigenvalue weighted by molar-refractivity contribution is 6.04. The Balaban J connectivity index is 1.82. The minimum atomic E-state index is -0.452. The number of nitrogens with one attached hydrogen (secondary N) is 1. The lowest BCUT2D eigenvalue weighted by atomic mass is 9.88. The third-order valence-corrected chi connectivity index (χ3v) is 4.36. The summed E-state index contributed by atoms with van der Waals surface area (Å²) in [5.41, 5.74) is 2.71. The van der Waals surface area contributed by atoms with E-state index >= 15 is 0 Å². The van der Waals surface area contributed by atoms with Crippen LogP contribution in [0, 0.1) is 5.82 Å². The molecule has 2 aromatic rings. The minimum absolute atomic E-state index is 0.0420. The highest BCUT2D eigenvalue weighted by atomic mass is 19.1. The van der Waals surface area contributed by atoms with Gasteiger partial charge in [-0.1, -0.05) is 37.3 Å². The molecule has 0 bridgehead atoms.